The number of carbonyl (C=O) groups is 3. The Morgan fingerprint density at radius 2 is 1.49 bits per heavy atom. The van der Waals surface area contributed by atoms with Crippen LogP contribution in [0.3, 0.4) is 0 Å². The van der Waals surface area contributed by atoms with Gasteiger partial charge in [-0.2, -0.15) is 0 Å². The molecule has 2 aliphatic heterocycles. The molecule has 2 bridgehead atoms. The van der Waals surface area contributed by atoms with E-state index >= 15 is 0 Å². The Balaban J connectivity index is 0.890. The minimum absolute atomic E-state index is 0.0959. The molecule has 2 saturated carbocycles. The van der Waals surface area contributed by atoms with Crippen molar-refractivity contribution >= 4 is 28.9 Å². The minimum atomic E-state index is -0.618. The number of H-pyrrole nitrogens is 2. The van der Waals surface area contributed by atoms with Crippen LogP contribution < -0.4 is 5.32 Å². The maximum Gasteiger partial charge on any atom is 0.411 e. The van der Waals surface area contributed by atoms with Crippen molar-refractivity contribution in [3.63, 3.8) is 0 Å². The van der Waals surface area contributed by atoms with Crippen molar-refractivity contribution in [3.05, 3.63) is 84.7 Å². The predicted molar refractivity (Wildman–Crippen MR) is 208 cm³/mol. The molecule has 1 spiro atoms. The second kappa shape index (κ2) is 13.3. The lowest BCUT2D eigenvalue weighted by atomic mass is 9.98. The second-order valence-corrected chi connectivity index (χ2v) is 16.9. The fraction of sp³-hybridized carbons (Fsp3) is 0.419. The Morgan fingerprint density at radius 1 is 0.855 bits per heavy atom. The van der Waals surface area contributed by atoms with Crippen molar-refractivity contribution in [2.24, 2.45) is 11.3 Å². The average Bonchev–Trinajstić information content (AvgIpc) is 3.80. The van der Waals surface area contributed by atoms with Crippen LogP contribution in [0.4, 0.5) is 9.59 Å². The van der Waals surface area contributed by atoms with Gasteiger partial charge in [0.15, 0.2) is 0 Å². The molecule has 55 heavy (non-hydrogen) atoms. The van der Waals surface area contributed by atoms with E-state index in [2.05, 4.69) is 80.7 Å². The Bertz CT molecular complexity index is 2280. The number of likely N-dealkylation sites (tertiary alicyclic amines) is 2. The van der Waals surface area contributed by atoms with Crippen molar-refractivity contribution < 1.29 is 23.9 Å². The number of amides is 3. The zero-order chi connectivity index (χ0) is 38.1. The smallest absolute Gasteiger partial charge is 0.411 e. The van der Waals surface area contributed by atoms with Gasteiger partial charge in [-0.1, -0.05) is 48.5 Å². The summed E-state index contributed by atoms with van der Waals surface area (Å²) in [7, 11) is 1.29. The van der Waals surface area contributed by atoms with Crippen LogP contribution in [0.2, 0.25) is 0 Å². The monoisotopic (exact) mass is 741 g/mol. The first kappa shape index (κ1) is 35.1. The molecule has 4 fully saturated rings. The quantitative estimate of drug-likeness (QED) is 0.153. The van der Waals surface area contributed by atoms with E-state index in [-0.39, 0.29) is 42.1 Å². The van der Waals surface area contributed by atoms with E-state index in [0.29, 0.717) is 12.5 Å². The highest BCUT2D eigenvalue weighted by atomic mass is 16.6. The normalized spacial score (nSPS) is 22.4. The summed E-state index contributed by atoms with van der Waals surface area (Å²) in [5.74, 6) is 1.84. The van der Waals surface area contributed by atoms with E-state index in [1.807, 2.05) is 43.0 Å². The van der Waals surface area contributed by atoms with E-state index in [1.165, 1.54) is 7.11 Å². The maximum absolute atomic E-state index is 13.2. The van der Waals surface area contributed by atoms with Crippen molar-refractivity contribution in [1.82, 2.24) is 35.1 Å². The first-order valence-electron chi connectivity index (χ1n) is 19.3. The fourth-order valence-corrected chi connectivity index (χ4v) is 9.06. The molecule has 0 radical (unpaired) electrons. The molecule has 2 aromatic heterocycles. The number of hydrogen-bond acceptors (Lipinski definition) is 7. The average molecular weight is 742 g/mol. The molecule has 4 atom stereocenters. The molecule has 4 aliphatic rings. The summed E-state index contributed by atoms with van der Waals surface area (Å²) in [6, 6.07) is 21.3. The summed E-state index contributed by atoms with van der Waals surface area (Å²) < 4.78 is 10.4. The number of nitrogens with one attached hydrogen (secondary N) is 3. The van der Waals surface area contributed by atoms with E-state index in [9.17, 15) is 14.4 Å². The van der Waals surface area contributed by atoms with Gasteiger partial charge in [0.2, 0.25) is 5.91 Å². The lowest BCUT2D eigenvalue weighted by Crippen LogP contribution is -2.43. The molecule has 2 aliphatic carbocycles. The Labute approximate surface area is 320 Å². The van der Waals surface area contributed by atoms with Crippen LogP contribution in [0.1, 0.15) is 83.0 Å². The molecule has 284 valence electrons. The van der Waals surface area contributed by atoms with Crippen LogP contribution in [0, 0.1) is 11.3 Å². The molecule has 3 unspecified atom stereocenters. The Kier molecular flexibility index (Phi) is 8.47. The van der Waals surface area contributed by atoms with E-state index in [4.69, 9.17) is 14.7 Å². The lowest BCUT2D eigenvalue weighted by Gasteiger charge is -2.35. The highest BCUT2D eigenvalue weighted by Crippen LogP contribution is 2.58. The van der Waals surface area contributed by atoms with Gasteiger partial charge in [-0.15, -0.1) is 0 Å². The van der Waals surface area contributed by atoms with Gasteiger partial charge in [-0.3, -0.25) is 9.69 Å². The third-order valence-corrected chi connectivity index (χ3v) is 12.0. The van der Waals surface area contributed by atoms with Gasteiger partial charge in [0.1, 0.15) is 23.8 Å². The highest BCUT2D eigenvalue weighted by molar-refractivity contribution is 5.90. The number of benzene rings is 3. The number of aromatic amines is 2. The van der Waals surface area contributed by atoms with Crippen LogP contribution in [0.25, 0.3) is 44.4 Å². The van der Waals surface area contributed by atoms with Gasteiger partial charge in [0.25, 0.3) is 0 Å². The van der Waals surface area contributed by atoms with Crippen LogP contribution in [0.15, 0.2) is 73.1 Å². The zero-order valence-corrected chi connectivity index (χ0v) is 31.7. The van der Waals surface area contributed by atoms with Crippen LogP contribution >= 0.6 is 0 Å². The molecule has 3 amide bonds. The maximum atomic E-state index is 13.2. The molecule has 4 heterocycles. The first-order valence-corrected chi connectivity index (χ1v) is 19.3. The van der Waals surface area contributed by atoms with Crippen LogP contribution in [-0.4, -0.2) is 79.7 Å². The number of carbonyl (C=O) groups excluding carboxylic acids is 3. The molecule has 12 nitrogen and oxygen atoms in total. The Hall–Kier alpha value is -5.65. The molecule has 12 heteroatoms. The van der Waals surface area contributed by atoms with E-state index < -0.39 is 11.7 Å². The van der Waals surface area contributed by atoms with Gasteiger partial charge in [-0.05, 0) is 110 Å². The summed E-state index contributed by atoms with van der Waals surface area (Å²) >= 11 is 0. The molecular weight excluding hydrogens is 695 g/mol. The predicted octanol–water partition coefficient (Wildman–Crippen LogP) is 8.16. The largest absolute Gasteiger partial charge is 0.453 e. The fourth-order valence-electron chi connectivity index (χ4n) is 9.06. The van der Waals surface area contributed by atoms with Crippen molar-refractivity contribution in [3.8, 4) is 33.6 Å². The third-order valence-electron chi connectivity index (χ3n) is 12.0. The molecule has 3 aromatic carbocycles. The number of nitrogens with zero attached hydrogens (tertiary/aromatic N) is 4. The van der Waals surface area contributed by atoms with Gasteiger partial charge in [0, 0.05) is 18.2 Å². The lowest BCUT2D eigenvalue weighted by molar-refractivity contribution is -0.131. The van der Waals surface area contributed by atoms with Crippen LogP contribution in [0.5, 0.6) is 0 Å². The summed E-state index contributed by atoms with van der Waals surface area (Å²) in [6.45, 7) is 6.30. The van der Waals surface area contributed by atoms with E-state index in [1.54, 1.807) is 0 Å². The zero-order valence-electron chi connectivity index (χ0n) is 31.7. The summed E-state index contributed by atoms with van der Waals surface area (Å²) in [5.41, 5.74) is 5.73. The number of hydrogen-bond donors (Lipinski definition) is 3. The number of fused-ring (bicyclic) bond motifs is 3. The Morgan fingerprint density at radius 3 is 2.20 bits per heavy atom. The summed E-state index contributed by atoms with van der Waals surface area (Å²) in [4.78, 5) is 58.3. The molecular formula is C43H47N7O5. The van der Waals surface area contributed by atoms with Crippen LogP contribution in [-0.2, 0) is 14.3 Å². The minimum Gasteiger partial charge on any atom is -0.453 e. The van der Waals surface area contributed by atoms with Gasteiger partial charge < -0.3 is 29.7 Å². The number of alkyl carbamates (subject to hydrolysis) is 1. The standard InChI is InChI=1S/C43H47N7O5/c1-42(2,3)55-41(53)50-32-14-13-31(19-32)37(50)39-45-21-33(48-39)26-7-5-25(6-8-26)27-9-10-29-18-30(12-11-28(29)17-27)34-22-44-38(47-34)35-20-43(15-16-43)24-49(35)36(51)23-46-40(52)54-4/h5-12,17-18,21-22,31-32,35,37H,13-16,19-20,23-24H2,1-4H3,(H,44,47)(H,45,48)(H,46,52)/t31?,32?,35-,37?/m0/s1. The second-order valence-electron chi connectivity index (χ2n) is 16.9. The number of imidazole rings is 2. The summed E-state index contributed by atoms with van der Waals surface area (Å²) in [6.07, 6.45) is 9.02. The van der Waals surface area contributed by atoms with E-state index in [0.717, 1.165) is 94.6 Å². The van der Waals surface area contributed by atoms with Crippen molar-refractivity contribution in [2.45, 2.75) is 83.0 Å². The van der Waals surface area contributed by atoms with Gasteiger partial charge in [-0.25, -0.2) is 19.6 Å². The molecule has 5 aromatic rings. The molecule has 3 N–H and O–H groups in total. The number of methoxy groups -OCH3 is 1. The molecule has 9 rings (SSSR count). The van der Waals surface area contributed by atoms with Crippen molar-refractivity contribution in [2.75, 3.05) is 20.2 Å². The summed E-state index contributed by atoms with van der Waals surface area (Å²) in [5, 5.41) is 4.77. The number of rotatable bonds is 7. The van der Waals surface area contributed by atoms with Gasteiger partial charge >= 0.3 is 12.2 Å². The topological polar surface area (TPSA) is 146 Å². The van der Waals surface area contributed by atoms with Crippen molar-refractivity contribution in [1.29, 1.82) is 0 Å². The first-order chi connectivity index (χ1) is 26.5. The molecule has 2 saturated heterocycles. The SMILES string of the molecule is COC(=O)NCC(=O)N1CC2(CC2)C[C@H]1c1ncc(-c2ccc3cc(-c4ccc(-c5cnc(C6C7CCC(C7)N6C(=O)OC(C)(C)C)[nH]5)cc4)ccc3c2)[nH]1. The number of piperidine rings is 1. The highest BCUT2D eigenvalue weighted by Gasteiger charge is 2.54. The third kappa shape index (κ3) is 6.72. The van der Waals surface area contributed by atoms with Gasteiger partial charge in [0.05, 0.1) is 43.0 Å². The number of ether oxygens (including phenoxy) is 2. The number of aromatic nitrogens is 4.